The van der Waals surface area contributed by atoms with Crippen LogP contribution in [0.2, 0.25) is 0 Å². The smallest absolute Gasteiger partial charge is 0.388 e. The third-order valence-electron chi connectivity index (χ3n) is 3.90. The van der Waals surface area contributed by atoms with Crippen molar-refractivity contribution >= 4 is 37.8 Å². The van der Waals surface area contributed by atoms with E-state index < -0.39 is 10.3 Å². The summed E-state index contributed by atoms with van der Waals surface area (Å²) in [6, 6.07) is 15.1. The van der Waals surface area contributed by atoms with E-state index in [2.05, 4.69) is 15.9 Å². The van der Waals surface area contributed by atoms with Crippen molar-refractivity contribution in [3.8, 4) is 0 Å². The summed E-state index contributed by atoms with van der Waals surface area (Å²) in [6.45, 7) is 2.26. The summed E-state index contributed by atoms with van der Waals surface area (Å²) < 4.78 is 37.5. The SMILES string of the molecule is Cc1ccc(Br)cc1CN1CC(Cl)=C(OCc2ccccc2)OS1(=O)=O. The zero-order valence-electron chi connectivity index (χ0n) is 14.0. The lowest BCUT2D eigenvalue weighted by molar-refractivity contribution is 0.0827. The summed E-state index contributed by atoms with van der Waals surface area (Å²) in [5.41, 5.74) is 2.73. The normalized spacial score (nSPS) is 17.0. The van der Waals surface area contributed by atoms with Crippen LogP contribution in [0.15, 0.2) is 64.0 Å². The number of rotatable bonds is 5. The Morgan fingerprint density at radius 2 is 1.96 bits per heavy atom. The van der Waals surface area contributed by atoms with Crippen LogP contribution >= 0.6 is 27.5 Å². The number of ether oxygens (including phenoxy) is 1. The molecule has 26 heavy (non-hydrogen) atoms. The lowest BCUT2D eigenvalue weighted by atomic mass is 10.1. The van der Waals surface area contributed by atoms with Crippen LogP contribution in [0.1, 0.15) is 16.7 Å². The molecule has 0 fully saturated rings. The second-order valence-electron chi connectivity index (χ2n) is 5.85. The molecule has 1 heterocycles. The van der Waals surface area contributed by atoms with Gasteiger partial charge in [0.05, 0.1) is 6.54 Å². The first kappa shape index (κ1) is 19.2. The van der Waals surface area contributed by atoms with Crippen LogP contribution in [0.4, 0.5) is 0 Å². The number of aryl methyl sites for hydroxylation is 1. The molecule has 1 aliphatic rings. The van der Waals surface area contributed by atoms with Crippen LogP contribution in [0.5, 0.6) is 0 Å². The predicted octanol–water partition coefficient (Wildman–Crippen LogP) is 4.46. The van der Waals surface area contributed by atoms with Gasteiger partial charge in [-0.1, -0.05) is 63.9 Å². The van der Waals surface area contributed by atoms with E-state index >= 15 is 0 Å². The number of halogens is 2. The molecule has 0 N–H and O–H groups in total. The standard InChI is InChI=1S/C18H17BrClNO4S/c1-13-7-8-16(19)9-15(13)10-21-11-17(20)18(25-26(21,22)23)24-12-14-5-3-2-4-6-14/h2-9H,10-12H2,1H3. The monoisotopic (exact) mass is 457 g/mol. The Labute approximate surface area is 166 Å². The van der Waals surface area contributed by atoms with Crippen molar-refractivity contribution in [2.75, 3.05) is 6.54 Å². The highest BCUT2D eigenvalue weighted by Crippen LogP contribution is 2.28. The first-order valence-corrected chi connectivity index (χ1v) is 10.4. The van der Waals surface area contributed by atoms with Gasteiger partial charge in [0.25, 0.3) is 0 Å². The summed E-state index contributed by atoms with van der Waals surface area (Å²) in [7, 11) is -3.99. The van der Waals surface area contributed by atoms with E-state index in [-0.39, 0.29) is 30.7 Å². The molecule has 0 saturated carbocycles. The predicted molar refractivity (Wildman–Crippen MR) is 103 cm³/mol. The van der Waals surface area contributed by atoms with Gasteiger partial charge in [-0.3, -0.25) is 0 Å². The molecule has 1 aliphatic heterocycles. The minimum atomic E-state index is -3.99. The molecule has 3 rings (SSSR count). The minimum Gasteiger partial charge on any atom is -0.459 e. The van der Waals surface area contributed by atoms with E-state index in [1.807, 2.05) is 55.5 Å². The highest BCUT2D eigenvalue weighted by molar-refractivity contribution is 9.10. The van der Waals surface area contributed by atoms with Gasteiger partial charge in [-0.25, -0.2) is 0 Å². The number of benzene rings is 2. The maximum absolute atomic E-state index is 12.5. The van der Waals surface area contributed by atoms with Crippen molar-refractivity contribution in [1.29, 1.82) is 0 Å². The zero-order valence-corrected chi connectivity index (χ0v) is 17.1. The van der Waals surface area contributed by atoms with E-state index in [0.29, 0.717) is 0 Å². The molecule has 0 aromatic heterocycles. The lowest BCUT2D eigenvalue weighted by Crippen LogP contribution is -2.37. The van der Waals surface area contributed by atoms with Gasteiger partial charge in [0.15, 0.2) is 0 Å². The number of nitrogens with zero attached hydrogens (tertiary/aromatic N) is 1. The molecule has 0 spiro atoms. The fraction of sp³-hybridized carbons (Fsp3) is 0.222. The topological polar surface area (TPSA) is 55.8 Å². The second-order valence-corrected chi connectivity index (χ2v) is 8.76. The lowest BCUT2D eigenvalue weighted by Gasteiger charge is -2.27. The quantitative estimate of drug-likeness (QED) is 0.664. The third-order valence-corrected chi connectivity index (χ3v) is 5.92. The van der Waals surface area contributed by atoms with E-state index in [9.17, 15) is 8.42 Å². The highest BCUT2D eigenvalue weighted by Gasteiger charge is 2.34. The molecular formula is C18H17BrClNO4S. The summed E-state index contributed by atoms with van der Waals surface area (Å²) in [4.78, 5) is 0. The Morgan fingerprint density at radius 3 is 2.69 bits per heavy atom. The second kappa shape index (κ2) is 8.00. The molecule has 0 atom stereocenters. The van der Waals surface area contributed by atoms with Gasteiger partial charge < -0.3 is 8.92 Å². The van der Waals surface area contributed by atoms with Crippen molar-refractivity contribution in [3.63, 3.8) is 0 Å². The summed E-state index contributed by atoms with van der Waals surface area (Å²) in [5.74, 6) is -0.169. The first-order chi connectivity index (χ1) is 12.3. The van der Waals surface area contributed by atoms with Crippen molar-refractivity contribution in [3.05, 3.63) is 80.7 Å². The Hall–Kier alpha value is -1.54. The molecular weight excluding hydrogens is 442 g/mol. The highest BCUT2D eigenvalue weighted by atomic mass is 79.9. The summed E-state index contributed by atoms with van der Waals surface area (Å²) in [6.07, 6.45) is 0. The maximum Gasteiger partial charge on any atom is 0.388 e. The molecule has 5 nitrogen and oxygen atoms in total. The Balaban J connectivity index is 1.75. The molecule has 2 aromatic rings. The molecule has 0 aliphatic carbocycles. The molecule has 0 saturated heterocycles. The average Bonchev–Trinajstić information content (AvgIpc) is 2.61. The van der Waals surface area contributed by atoms with Gasteiger partial charge in [-0.15, -0.1) is 0 Å². The fourth-order valence-corrected chi connectivity index (χ4v) is 4.25. The molecule has 0 amide bonds. The largest absolute Gasteiger partial charge is 0.459 e. The van der Waals surface area contributed by atoms with E-state index in [1.54, 1.807) is 0 Å². The van der Waals surface area contributed by atoms with Crippen LogP contribution < -0.4 is 0 Å². The molecule has 8 heteroatoms. The van der Waals surface area contributed by atoms with Gasteiger partial charge in [0.2, 0.25) is 0 Å². The molecule has 138 valence electrons. The maximum atomic E-state index is 12.5. The number of hydrogen-bond donors (Lipinski definition) is 0. The zero-order chi connectivity index (χ0) is 18.7. The van der Waals surface area contributed by atoms with Gasteiger partial charge in [-0.2, -0.15) is 12.7 Å². The van der Waals surface area contributed by atoms with Gasteiger partial charge in [0, 0.05) is 11.0 Å². The Morgan fingerprint density at radius 1 is 1.23 bits per heavy atom. The van der Waals surface area contributed by atoms with Gasteiger partial charge >= 0.3 is 16.2 Å². The van der Waals surface area contributed by atoms with Crippen LogP contribution in [0, 0.1) is 6.92 Å². The van der Waals surface area contributed by atoms with Crippen molar-refractivity contribution in [2.45, 2.75) is 20.1 Å². The van der Waals surface area contributed by atoms with Crippen LogP contribution in [0.3, 0.4) is 0 Å². The first-order valence-electron chi connectivity index (χ1n) is 7.85. The van der Waals surface area contributed by atoms with Crippen molar-refractivity contribution in [1.82, 2.24) is 4.31 Å². The third kappa shape index (κ3) is 4.59. The van der Waals surface area contributed by atoms with Crippen molar-refractivity contribution in [2.24, 2.45) is 0 Å². The average molecular weight is 459 g/mol. The summed E-state index contributed by atoms with van der Waals surface area (Å²) >= 11 is 9.62. The van der Waals surface area contributed by atoms with E-state index in [4.69, 9.17) is 20.5 Å². The number of hydrogen-bond acceptors (Lipinski definition) is 4. The van der Waals surface area contributed by atoms with Gasteiger partial charge in [-0.05, 0) is 35.7 Å². The van der Waals surface area contributed by atoms with Crippen molar-refractivity contribution < 1.29 is 17.3 Å². The van der Waals surface area contributed by atoms with Gasteiger partial charge in [0.1, 0.15) is 11.6 Å². The fourth-order valence-electron chi connectivity index (χ4n) is 2.45. The van der Waals surface area contributed by atoms with Crippen LogP contribution in [-0.4, -0.2) is 19.3 Å². The van der Waals surface area contributed by atoms with E-state index in [1.165, 1.54) is 4.31 Å². The van der Waals surface area contributed by atoms with E-state index in [0.717, 1.165) is 21.2 Å². The molecule has 2 aromatic carbocycles. The Bertz CT molecular complexity index is 931. The Kier molecular flexibility index (Phi) is 5.92. The van der Waals surface area contributed by atoms with Crippen LogP contribution in [0.25, 0.3) is 0 Å². The molecule has 0 unspecified atom stereocenters. The molecule has 0 bridgehead atoms. The van der Waals surface area contributed by atoms with Crippen LogP contribution in [-0.2, 0) is 32.4 Å². The summed E-state index contributed by atoms with van der Waals surface area (Å²) in [5, 5.41) is 0.211. The molecule has 0 radical (unpaired) electrons. The minimum absolute atomic E-state index is 0.0000345.